The third kappa shape index (κ3) is 1.37. The third-order valence-corrected chi connectivity index (χ3v) is 2.32. The summed E-state index contributed by atoms with van der Waals surface area (Å²) in [6, 6.07) is 1.74. The largest absolute Gasteiger partial charge is 0.463 e. The summed E-state index contributed by atoms with van der Waals surface area (Å²) in [6.07, 6.45) is 1.62. The highest BCUT2D eigenvalue weighted by Crippen LogP contribution is 2.18. The summed E-state index contributed by atoms with van der Waals surface area (Å²) < 4.78 is 5.14. The van der Waals surface area contributed by atoms with E-state index in [0.29, 0.717) is 10.1 Å². The van der Waals surface area contributed by atoms with Gasteiger partial charge in [-0.25, -0.2) is 14.8 Å². The molecular weight excluding hydrogens is 250 g/mol. The molecule has 0 atom stereocenters. The van der Waals surface area contributed by atoms with Crippen molar-refractivity contribution in [2.45, 2.75) is 0 Å². The lowest BCUT2D eigenvalue weighted by Crippen LogP contribution is -2.02. The van der Waals surface area contributed by atoms with Crippen LogP contribution in [0.4, 0.5) is 0 Å². The molecule has 5 nitrogen and oxygen atoms in total. The molecule has 2 rings (SSSR count). The summed E-state index contributed by atoms with van der Waals surface area (Å²) in [5, 5.41) is 0. The first-order chi connectivity index (χ1) is 6.72. The number of hydrogen-bond acceptors (Lipinski definition) is 4. The van der Waals surface area contributed by atoms with Gasteiger partial charge in [0, 0.05) is 6.20 Å². The molecular formula is C8H6BrN3O2. The van der Waals surface area contributed by atoms with E-state index in [0.717, 1.165) is 5.52 Å². The molecule has 72 valence electrons. The lowest BCUT2D eigenvalue weighted by atomic mass is 10.4. The van der Waals surface area contributed by atoms with Crippen LogP contribution in [0.3, 0.4) is 0 Å². The number of aromatic amines is 1. The summed E-state index contributed by atoms with van der Waals surface area (Å²) in [5.41, 5.74) is 1.36. The van der Waals surface area contributed by atoms with Gasteiger partial charge in [-0.2, -0.15) is 0 Å². The van der Waals surface area contributed by atoms with E-state index in [-0.39, 0.29) is 5.82 Å². The number of rotatable bonds is 1. The number of esters is 1. The maximum Gasteiger partial charge on any atom is 0.374 e. The molecule has 0 spiro atoms. The van der Waals surface area contributed by atoms with E-state index in [2.05, 4.69) is 35.6 Å². The Morgan fingerprint density at radius 3 is 3.07 bits per heavy atom. The minimum atomic E-state index is -0.492. The monoisotopic (exact) mass is 255 g/mol. The highest BCUT2D eigenvalue weighted by atomic mass is 79.9. The SMILES string of the molecule is COC(=O)c1nc2c(Br)nccc2[nH]1. The van der Waals surface area contributed by atoms with E-state index in [1.807, 2.05) is 0 Å². The minimum Gasteiger partial charge on any atom is -0.463 e. The summed E-state index contributed by atoms with van der Waals surface area (Å²) in [4.78, 5) is 22.0. The van der Waals surface area contributed by atoms with E-state index in [1.165, 1.54) is 7.11 Å². The highest BCUT2D eigenvalue weighted by molar-refractivity contribution is 9.10. The standard InChI is InChI=1S/C8H6BrN3O2/c1-14-8(13)7-11-4-2-3-10-6(9)5(4)12-7/h2-3H,1H3,(H,11,12). The molecule has 2 aromatic heterocycles. The van der Waals surface area contributed by atoms with Gasteiger partial charge in [0.2, 0.25) is 5.82 Å². The van der Waals surface area contributed by atoms with Crippen molar-refractivity contribution in [3.63, 3.8) is 0 Å². The molecule has 2 heterocycles. The first kappa shape index (κ1) is 9.14. The molecule has 1 N–H and O–H groups in total. The smallest absolute Gasteiger partial charge is 0.374 e. The first-order valence-electron chi connectivity index (χ1n) is 3.81. The number of nitrogens with zero attached hydrogens (tertiary/aromatic N) is 2. The Bertz CT molecular complexity index is 494. The Labute approximate surface area is 87.6 Å². The van der Waals surface area contributed by atoms with E-state index in [4.69, 9.17) is 0 Å². The summed E-state index contributed by atoms with van der Waals surface area (Å²) in [5.74, 6) is -0.315. The molecule has 0 aliphatic carbocycles. The average molecular weight is 256 g/mol. The predicted octanol–water partition coefficient (Wildman–Crippen LogP) is 1.51. The average Bonchev–Trinajstić information content (AvgIpc) is 2.62. The van der Waals surface area contributed by atoms with Crippen LogP contribution in [0.25, 0.3) is 11.0 Å². The van der Waals surface area contributed by atoms with E-state index < -0.39 is 5.97 Å². The number of ether oxygens (including phenoxy) is 1. The van der Waals surface area contributed by atoms with Crippen LogP contribution in [0.2, 0.25) is 0 Å². The van der Waals surface area contributed by atoms with Crippen LogP contribution in [0.5, 0.6) is 0 Å². The predicted molar refractivity (Wildman–Crippen MR) is 52.9 cm³/mol. The van der Waals surface area contributed by atoms with Crippen molar-refractivity contribution in [1.29, 1.82) is 0 Å². The van der Waals surface area contributed by atoms with Gasteiger partial charge in [-0.15, -0.1) is 0 Å². The molecule has 0 aromatic carbocycles. The normalized spacial score (nSPS) is 10.4. The fourth-order valence-corrected chi connectivity index (χ4v) is 1.52. The van der Waals surface area contributed by atoms with Crippen LogP contribution >= 0.6 is 15.9 Å². The molecule has 0 unspecified atom stereocenters. The lowest BCUT2D eigenvalue weighted by Gasteiger charge is -1.90. The van der Waals surface area contributed by atoms with Crippen LogP contribution < -0.4 is 0 Å². The minimum absolute atomic E-state index is 0.177. The zero-order valence-electron chi connectivity index (χ0n) is 7.24. The summed E-state index contributed by atoms with van der Waals surface area (Å²) in [6.45, 7) is 0. The number of fused-ring (bicyclic) bond motifs is 1. The number of pyridine rings is 1. The molecule has 0 saturated carbocycles. The fraction of sp³-hybridized carbons (Fsp3) is 0.125. The van der Waals surface area contributed by atoms with Gasteiger partial charge in [0.15, 0.2) is 0 Å². The number of hydrogen-bond donors (Lipinski definition) is 1. The number of methoxy groups -OCH3 is 1. The van der Waals surface area contributed by atoms with Gasteiger partial charge < -0.3 is 9.72 Å². The molecule has 6 heteroatoms. The topological polar surface area (TPSA) is 67.9 Å². The van der Waals surface area contributed by atoms with E-state index in [1.54, 1.807) is 12.3 Å². The molecule has 0 bridgehead atoms. The van der Waals surface area contributed by atoms with Crippen molar-refractivity contribution in [1.82, 2.24) is 15.0 Å². The van der Waals surface area contributed by atoms with E-state index >= 15 is 0 Å². The van der Waals surface area contributed by atoms with E-state index in [9.17, 15) is 4.79 Å². The molecule has 0 radical (unpaired) electrons. The van der Waals surface area contributed by atoms with Crippen LogP contribution in [-0.4, -0.2) is 28.0 Å². The molecule has 0 amide bonds. The molecule has 0 aliphatic rings. The fourth-order valence-electron chi connectivity index (χ4n) is 1.10. The second-order valence-electron chi connectivity index (χ2n) is 2.57. The highest BCUT2D eigenvalue weighted by Gasteiger charge is 2.12. The summed E-state index contributed by atoms with van der Waals surface area (Å²) in [7, 11) is 1.31. The van der Waals surface area contributed by atoms with Gasteiger partial charge >= 0.3 is 5.97 Å². The molecule has 2 aromatic rings. The van der Waals surface area contributed by atoms with Crippen LogP contribution in [0.15, 0.2) is 16.9 Å². The zero-order chi connectivity index (χ0) is 10.1. The Morgan fingerprint density at radius 1 is 1.64 bits per heavy atom. The molecule has 0 saturated heterocycles. The van der Waals surface area contributed by atoms with Gasteiger partial charge in [0.25, 0.3) is 0 Å². The third-order valence-electron chi connectivity index (χ3n) is 1.74. The number of carbonyl (C=O) groups excluding carboxylic acids is 1. The second kappa shape index (κ2) is 3.38. The molecule has 0 fully saturated rings. The van der Waals surface area contributed by atoms with Gasteiger partial charge in [-0.1, -0.05) is 0 Å². The van der Waals surface area contributed by atoms with Crippen molar-refractivity contribution in [3.8, 4) is 0 Å². The van der Waals surface area contributed by atoms with Crippen molar-refractivity contribution < 1.29 is 9.53 Å². The zero-order valence-corrected chi connectivity index (χ0v) is 8.83. The number of carbonyl (C=O) groups is 1. The number of nitrogens with one attached hydrogen (secondary N) is 1. The Morgan fingerprint density at radius 2 is 2.43 bits per heavy atom. The van der Waals surface area contributed by atoms with Crippen molar-refractivity contribution in [2.75, 3.05) is 7.11 Å². The van der Waals surface area contributed by atoms with Crippen molar-refractivity contribution in [3.05, 3.63) is 22.7 Å². The number of imidazole rings is 1. The second-order valence-corrected chi connectivity index (χ2v) is 3.33. The van der Waals surface area contributed by atoms with Gasteiger partial charge in [0.1, 0.15) is 10.1 Å². The van der Waals surface area contributed by atoms with Crippen molar-refractivity contribution >= 4 is 32.9 Å². The quantitative estimate of drug-likeness (QED) is 0.620. The Balaban J connectivity index is 2.62. The molecule has 14 heavy (non-hydrogen) atoms. The van der Waals surface area contributed by atoms with Gasteiger partial charge in [-0.05, 0) is 22.0 Å². The van der Waals surface area contributed by atoms with Crippen LogP contribution in [-0.2, 0) is 4.74 Å². The maximum atomic E-state index is 11.1. The van der Waals surface area contributed by atoms with Gasteiger partial charge in [0.05, 0.1) is 12.6 Å². The molecule has 0 aliphatic heterocycles. The van der Waals surface area contributed by atoms with Crippen LogP contribution in [0, 0.1) is 0 Å². The van der Waals surface area contributed by atoms with Crippen molar-refractivity contribution in [2.24, 2.45) is 0 Å². The van der Waals surface area contributed by atoms with Crippen LogP contribution in [0.1, 0.15) is 10.6 Å². The Hall–Kier alpha value is -1.43. The van der Waals surface area contributed by atoms with Gasteiger partial charge in [-0.3, -0.25) is 0 Å². The maximum absolute atomic E-state index is 11.1. The number of H-pyrrole nitrogens is 1. The lowest BCUT2D eigenvalue weighted by molar-refractivity contribution is 0.0588. The number of aromatic nitrogens is 3. The number of halogens is 1. The Kier molecular flexibility index (Phi) is 2.20. The summed E-state index contributed by atoms with van der Waals surface area (Å²) >= 11 is 3.24. The first-order valence-corrected chi connectivity index (χ1v) is 4.60.